The van der Waals surface area contributed by atoms with Gasteiger partial charge in [-0.3, -0.25) is 9.59 Å². The van der Waals surface area contributed by atoms with Crippen LogP contribution in [0.5, 0.6) is 0 Å². The van der Waals surface area contributed by atoms with Crippen LogP contribution in [0.1, 0.15) is 23.3 Å². The van der Waals surface area contributed by atoms with Crippen LogP contribution in [0.15, 0.2) is 6.20 Å². The van der Waals surface area contributed by atoms with Gasteiger partial charge in [0.2, 0.25) is 0 Å². The van der Waals surface area contributed by atoms with Gasteiger partial charge < -0.3 is 10.4 Å². The average Bonchev–Trinajstić information content (AvgIpc) is 2.64. The highest BCUT2D eigenvalue weighted by Gasteiger charge is 2.07. The predicted octanol–water partition coefficient (Wildman–Crippen LogP) is 0.133. The van der Waals surface area contributed by atoms with Crippen LogP contribution >= 0.6 is 11.7 Å². The molecule has 76 valence electrons. The second-order valence-corrected chi connectivity index (χ2v) is 3.10. The Labute approximate surface area is 84.3 Å². The summed E-state index contributed by atoms with van der Waals surface area (Å²) in [5, 5.41) is 10.9. The Balaban J connectivity index is 2.19. The summed E-state index contributed by atoms with van der Waals surface area (Å²) in [6, 6.07) is 0. The lowest BCUT2D eigenvalue weighted by Gasteiger charge is -1.99. The maximum Gasteiger partial charge on any atom is 0.303 e. The van der Waals surface area contributed by atoms with E-state index < -0.39 is 5.97 Å². The van der Waals surface area contributed by atoms with E-state index in [0.29, 0.717) is 13.0 Å². The molecule has 0 unspecified atom stereocenters. The van der Waals surface area contributed by atoms with E-state index >= 15 is 0 Å². The summed E-state index contributed by atoms with van der Waals surface area (Å²) in [4.78, 5) is 21.3. The Morgan fingerprint density at radius 2 is 2.36 bits per heavy atom. The molecule has 0 bridgehead atoms. The molecule has 0 saturated carbocycles. The van der Waals surface area contributed by atoms with Gasteiger partial charge in [-0.15, -0.1) is 0 Å². The number of carbonyl (C=O) groups excluding carboxylic acids is 1. The van der Waals surface area contributed by atoms with Crippen molar-refractivity contribution in [3.63, 3.8) is 0 Å². The molecule has 0 atom stereocenters. The third-order valence-electron chi connectivity index (χ3n) is 1.45. The summed E-state index contributed by atoms with van der Waals surface area (Å²) < 4.78 is 7.41. The summed E-state index contributed by atoms with van der Waals surface area (Å²) in [5.41, 5.74) is 0.269. The highest BCUT2D eigenvalue weighted by atomic mass is 32.1. The zero-order valence-electron chi connectivity index (χ0n) is 7.27. The number of nitrogens with one attached hydrogen (secondary N) is 1. The molecule has 0 aromatic carbocycles. The van der Waals surface area contributed by atoms with Crippen LogP contribution < -0.4 is 5.32 Å². The lowest BCUT2D eigenvalue weighted by molar-refractivity contribution is -0.137. The van der Waals surface area contributed by atoms with Crippen molar-refractivity contribution in [1.82, 2.24) is 14.1 Å². The number of carboxylic acid groups (broad SMARTS) is 1. The molecule has 0 spiro atoms. The standard InChI is InChI=1S/C7H9N3O3S/c11-6(12)2-1-3-8-7(13)5-4-9-14-10-5/h4H,1-3H2,(H,8,13)(H,11,12). The molecule has 0 radical (unpaired) electrons. The fourth-order valence-electron chi connectivity index (χ4n) is 0.797. The average molecular weight is 215 g/mol. The molecule has 0 aliphatic rings. The second-order valence-electron chi connectivity index (χ2n) is 2.55. The molecule has 7 heteroatoms. The first-order valence-corrected chi connectivity index (χ1v) is 4.70. The van der Waals surface area contributed by atoms with Crippen molar-refractivity contribution in [3.05, 3.63) is 11.9 Å². The van der Waals surface area contributed by atoms with Crippen molar-refractivity contribution < 1.29 is 14.7 Å². The number of nitrogens with zero attached hydrogens (tertiary/aromatic N) is 2. The van der Waals surface area contributed by atoms with Crippen molar-refractivity contribution in [1.29, 1.82) is 0 Å². The van der Waals surface area contributed by atoms with Crippen LogP contribution in [-0.4, -0.2) is 32.3 Å². The molecule has 14 heavy (non-hydrogen) atoms. The van der Waals surface area contributed by atoms with Gasteiger partial charge >= 0.3 is 5.97 Å². The van der Waals surface area contributed by atoms with Gasteiger partial charge in [0.25, 0.3) is 5.91 Å². The third kappa shape index (κ3) is 3.48. The molecule has 2 N–H and O–H groups in total. The lowest BCUT2D eigenvalue weighted by Crippen LogP contribution is -2.25. The Bertz CT molecular complexity index is 312. The Morgan fingerprint density at radius 3 is 2.93 bits per heavy atom. The summed E-state index contributed by atoms with van der Waals surface area (Å²) in [5.74, 6) is -1.18. The molecule has 6 nitrogen and oxygen atoms in total. The molecule has 1 aromatic heterocycles. The molecule has 0 fully saturated rings. The topological polar surface area (TPSA) is 92.2 Å². The van der Waals surface area contributed by atoms with E-state index in [4.69, 9.17) is 5.11 Å². The van der Waals surface area contributed by atoms with Gasteiger partial charge in [-0.2, -0.15) is 8.75 Å². The summed E-state index contributed by atoms with van der Waals surface area (Å²) in [6.45, 7) is 0.336. The van der Waals surface area contributed by atoms with E-state index in [1.165, 1.54) is 6.20 Å². The quantitative estimate of drug-likeness (QED) is 0.681. The van der Waals surface area contributed by atoms with Crippen LogP contribution in [0, 0.1) is 0 Å². The number of rotatable bonds is 5. The highest BCUT2D eigenvalue weighted by Crippen LogP contribution is 1.94. The van der Waals surface area contributed by atoms with Crippen LogP contribution in [0.4, 0.5) is 0 Å². The predicted molar refractivity (Wildman–Crippen MR) is 49.1 cm³/mol. The molecular formula is C7H9N3O3S. The van der Waals surface area contributed by atoms with Gasteiger partial charge in [-0.25, -0.2) is 0 Å². The highest BCUT2D eigenvalue weighted by molar-refractivity contribution is 6.99. The summed E-state index contributed by atoms with van der Waals surface area (Å²) in [7, 11) is 0. The molecular weight excluding hydrogens is 206 g/mol. The van der Waals surface area contributed by atoms with Gasteiger partial charge in [0.1, 0.15) is 0 Å². The van der Waals surface area contributed by atoms with Crippen molar-refractivity contribution in [2.75, 3.05) is 6.54 Å². The molecule has 1 rings (SSSR count). The number of amides is 1. The monoisotopic (exact) mass is 215 g/mol. The van der Waals surface area contributed by atoms with Crippen molar-refractivity contribution >= 4 is 23.6 Å². The van der Waals surface area contributed by atoms with E-state index in [2.05, 4.69) is 14.1 Å². The number of aromatic nitrogens is 2. The molecule has 1 amide bonds. The van der Waals surface area contributed by atoms with Crippen LogP contribution in [0.2, 0.25) is 0 Å². The molecule has 0 saturated heterocycles. The first-order valence-electron chi connectivity index (χ1n) is 3.97. The van der Waals surface area contributed by atoms with Crippen molar-refractivity contribution in [2.24, 2.45) is 0 Å². The minimum atomic E-state index is -0.866. The maximum atomic E-state index is 11.2. The summed E-state index contributed by atoms with van der Waals surface area (Å²) >= 11 is 0.957. The van der Waals surface area contributed by atoms with Gasteiger partial charge in [-0.05, 0) is 6.42 Å². The molecule has 1 heterocycles. The first kappa shape index (κ1) is 10.6. The third-order valence-corrected chi connectivity index (χ3v) is 1.92. The minimum Gasteiger partial charge on any atom is -0.481 e. The van der Waals surface area contributed by atoms with E-state index in [-0.39, 0.29) is 18.0 Å². The van der Waals surface area contributed by atoms with Crippen LogP contribution in [0.25, 0.3) is 0 Å². The number of carbonyl (C=O) groups is 2. The van der Waals surface area contributed by atoms with E-state index in [9.17, 15) is 9.59 Å². The van der Waals surface area contributed by atoms with Crippen LogP contribution in [0.3, 0.4) is 0 Å². The summed E-state index contributed by atoms with van der Waals surface area (Å²) in [6.07, 6.45) is 1.84. The SMILES string of the molecule is O=C(O)CCCNC(=O)c1cnsn1. The van der Waals surface area contributed by atoms with E-state index in [1.807, 2.05) is 0 Å². The fraction of sp³-hybridized carbons (Fsp3) is 0.429. The molecule has 1 aromatic rings. The number of aliphatic carboxylic acids is 1. The van der Waals surface area contributed by atoms with Gasteiger partial charge in [0.15, 0.2) is 5.69 Å². The zero-order chi connectivity index (χ0) is 10.4. The maximum absolute atomic E-state index is 11.2. The van der Waals surface area contributed by atoms with Crippen molar-refractivity contribution in [3.8, 4) is 0 Å². The van der Waals surface area contributed by atoms with E-state index in [0.717, 1.165) is 11.7 Å². The second kappa shape index (κ2) is 5.28. The number of hydrogen-bond acceptors (Lipinski definition) is 5. The zero-order valence-corrected chi connectivity index (χ0v) is 8.08. The van der Waals surface area contributed by atoms with Gasteiger partial charge in [0.05, 0.1) is 17.9 Å². The first-order chi connectivity index (χ1) is 6.70. The molecule has 0 aliphatic heterocycles. The number of carboxylic acids is 1. The Hall–Kier alpha value is -1.50. The lowest BCUT2D eigenvalue weighted by atomic mass is 10.3. The number of hydrogen-bond donors (Lipinski definition) is 2. The largest absolute Gasteiger partial charge is 0.481 e. The van der Waals surface area contributed by atoms with Gasteiger partial charge in [0, 0.05) is 13.0 Å². The van der Waals surface area contributed by atoms with Crippen LogP contribution in [-0.2, 0) is 4.79 Å². The minimum absolute atomic E-state index is 0.0512. The molecule has 0 aliphatic carbocycles. The smallest absolute Gasteiger partial charge is 0.303 e. The van der Waals surface area contributed by atoms with Crippen molar-refractivity contribution in [2.45, 2.75) is 12.8 Å². The Morgan fingerprint density at radius 1 is 1.57 bits per heavy atom. The fourth-order valence-corrected chi connectivity index (χ4v) is 1.21. The Kier molecular flexibility index (Phi) is 3.99. The van der Waals surface area contributed by atoms with E-state index in [1.54, 1.807) is 0 Å². The van der Waals surface area contributed by atoms with Gasteiger partial charge in [-0.1, -0.05) is 0 Å². The normalized spacial score (nSPS) is 9.71.